The van der Waals surface area contributed by atoms with E-state index in [0.29, 0.717) is 12.6 Å². The Bertz CT molecular complexity index is 228. The van der Waals surface area contributed by atoms with E-state index in [2.05, 4.69) is 9.36 Å². The molecule has 0 bridgehead atoms. The number of hydrogen-bond donors (Lipinski definition) is 1. The van der Waals surface area contributed by atoms with E-state index in [1.54, 1.807) is 0 Å². The van der Waals surface area contributed by atoms with Crippen molar-refractivity contribution in [3.05, 3.63) is 9.67 Å². The molecule has 0 aliphatic heterocycles. The zero-order valence-corrected chi connectivity index (χ0v) is 5.70. The van der Waals surface area contributed by atoms with Gasteiger partial charge in [-0.05, 0) is 6.92 Å². The van der Waals surface area contributed by atoms with E-state index in [0.717, 1.165) is 11.5 Å². The molecule has 0 aliphatic carbocycles. The highest BCUT2D eigenvalue weighted by molar-refractivity contribution is 7.02. The van der Waals surface area contributed by atoms with Crippen LogP contribution < -0.4 is 9.61 Å². The van der Waals surface area contributed by atoms with Crippen LogP contribution in [0, 0.1) is 0 Å². The number of nitrogens with one attached hydrogen (secondary N) is 1. The highest BCUT2D eigenvalue weighted by atomic mass is 32.1. The molecule has 5 heteroatoms. The summed E-state index contributed by atoms with van der Waals surface area (Å²) in [4.78, 5) is 12.6. The fraction of sp³-hybridized carbons (Fsp3) is 0.500. The topological polar surface area (TPSA) is 55.0 Å². The van der Waals surface area contributed by atoms with E-state index in [1.807, 2.05) is 6.92 Å². The predicted octanol–water partition coefficient (Wildman–Crippen LogP) is 0.230. The predicted molar refractivity (Wildman–Crippen MR) is 33.9 cm³/mol. The summed E-state index contributed by atoms with van der Waals surface area (Å²) in [5.41, 5.74) is 0. The van der Waals surface area contributed by atoms with Crippen LogP contribution in [0.3, 0.4) is 0 Å². The Morgan fingerprint density at radius 3 is 3.11 bits per heavy atom. The Morgan fingerprint density at radius 1 is 1.89 bits per heavy atom. The molecular formula is C4H6N2O2S. The van der Waals surface area contributed by atoms with Crippen LogP contribution in [-0.4, -0.2) is 16.0 Å². The molecule has 0 aliphatic rings. The summed E-state index contributed by atoms with van der Waals surface area (Å²) in [7, 11) is 0. The molecule has 0 spiro atoms. The Hall–Kier alpha value is -0.840. The zero-order valence-electron chi connectivity index (χ0n) is 4.88. The smallest absolute Gasteiger partial charge is 0.326 e. The Morgan fingerprint density at radius 2 is 2.67 bits per heavy atom. The third-order valence-corrected chi connectivity index (χ3v) is 1.23. The van der Waals surface area contributed by atoms with Crippen molar-refractivity contribution in [2.75, 3.05) is 6.61 Å². The fourth-order valence-electron chi connectivity index (χ4n) is 0.415. The van der Waals surface area contributed by atoms with Gasteiger partial charge in [-0.15, -0.1) is 4.37 Å². The molecule has 0 aromatic carbocycles. The summed E-state index contributed by atoms with van der Waals surface area (Å²) in [5.74, 6) is 0. The van der Waals surface area contributed by atoms with Crippen LogP contribution in [0.5, 0.6) is 6.01 Å². The van der Waals surface area contributed by atoms with Crippen molar-refractivity contribution >= 4 is 11.5 Å². The van der Waals surface area contributed by atoms with Crippen molar-refractivity contribution in [1.29, 1.82) is 0 Å². The Balaban J connectivity index is 2.73. The SMILES string of the molecule is CCOc1nsc(=O)[nH]1. The minimum atomic E-state index is -0.182. The maximum Gasteiger partial charge on any atom is 0.326 e. The zero-order chi connectivity index (χ0) is 6.69. The molecule has 4 nitrogen and oxygen atoms in total. The van der Waals surface area contributed by atoms with Crippen molar-refractivity contribution in [2.45, 2.75) is 6.92 Å². The van der Waals surface area contributed by atoms with Gasteiger partial charge in [-0.1, -0.05) is 0 Å². The molecule has 9 heavy (non-hydrogen) atoms. The lowest BCUT2D eigenvalue weighted by molar-refractivity contribution is 0.316. The molecule has 1 N–H and O–H groups in total. The van der Waals surface area contributed by atoms with E-state index < -0.39 is 0 Å². The molecular weight excluding hydrogens is 140 g/mol. The van der Waals surface area contributed by atoms with Crippen molar-refractivity contribution in [2.24, 2.45) is 0 Å². The van der Waals surface area contributed by atoms with Crippen LogP contribution >= 0.6 is 11.5 Å². The highest BCUT2D eigenvalue weighted by Crippen LogP contribution is 1.96. The van der Waals surface area contributed by atoms with Crippen LogP contribution in [0.2, 0.25) is 0 Å². The summed E-state index contributed by atoms with van der Waals surface area (Å²) in [6, 6.07) is 0.313. The molecule has 50 valence electrons. The van der Waals surface area contributed by atoms with Gasteiger partial charge in [-0.3, -0.25) is 9.78 Å². The summed E-state index contributed by atoms with van der Waals surface area (Å²) >= 11 is 0.858. The first-order chi connectivity index (χ1) is 4.33. The highest BCUT2D eigenvalue weighted by Gasteiger charge is 1.94. The third kappa shape index (κ3) is 1.53. The van der Waals surface area contributed by atoms with Gasteiger partial charge < -0.3 is 4.74 Å². The van der Waals surface area contributed by atoms with Gasteiger partial charge in [0.15, 0.2) is 0 Å². The molecule has 1 heterocycles. The van der Waals surface area contributed by atoms with Gasteiger partial charge in [0.1, 0.15) is 0 Å². The van der Waals surface area contributed by atoms with Crippen molar-refractivity contribution < 1.29 is 4.74 Å². The summed E-state index contributed by atoms with van der Waals surface area (Å²) < 4.78 is 8.53. The second-order valence-corrected chi connectivity index (χ2v) is 2.07. The van der Waals surface area contributed by atoms with E-state index >= 15 is 0 Å². The summed E-state index contributed by atoms with van der Waals surface area (Å²) in [5, 5.41) is 0. The number of aromatic nitrogens is 2. The van der Waals surface area contributed by atoms with Gasteiger partial charge >= 0.3 is 10.9 Å². The fourth-order valence-corrected chi connectivity index (χ4v) is 0.812. The molecule has 1 rings (SSSR count). The quantitative estimate of drug-likeness (QED) is 0.649. The Kier molecular flexibility index (Phi) is 1.84. The van der Waals surface area contributed by atoms with Gasteiger partial charge in [-0.25, -0.2) is 0 Å². The lowest BCUT2D eigenvalue weighted by atomic mass is 10.9. The van der Waals surface area contributed by atoms with Crippen LogP contribution in [0.1, 0.15) is 6.92 Å². The first-order valence-electron chi connectivity index (χ1n) is 2.51. The molecule has 0 fully saturated rings. The second kappa shape index (κ2) is 2.63. The van der Waals surface area contributed by atoms with Gasteiger partial charge in [0, 0.05) is 11.5 Å². The minimum Gasteiger partial charge on any atom is -0.464 e. The Labute approximate surface area is 55.7 Å². The molecule has 0 amide bonds. The summed E-state index contributed by atoms with van der Waals surface area (Å²) in [6.45, 7) is 2.36. The number of ether oxygens (including phenoxy) is 1. The lowest BCUT2D eigenvalue weighted by Gasteiger charge is -1.91. The number of rotatable bonds is 2. The first-order valence-corrected chi connectivity index (χ1v) is 3.29. The number of H-pyrrole nitrogens is 1. The normalized spacial score (nSPS) is 9.44. The van der Waals surface area contributed by atoms with Crippen molar-refractivity contribution in [3.8, 4) is 6.01 Å². The second-order valence-electron chi connectivity index (χ2n) is 1.33. The maximum absolute atomic E-state index is 10.4. The van der Waals surface area contributed by atoms with Crippen LogP contribution in [0.4, 0.5) is 0 Å². The molecule has 1 aromatic heterocycles. The van der Waals surface area contributed by atoms with Crippen molar-refractivity contribution in [1.82, 2.24) is 9.36 Å². The molecule has 0 atom stereocenters. The average molecular weight is 146 g/mol. The monoisotopic (exact) mass is 146 g/mol. The standard InChI is InChI=1S/C4H6N2O2S/c1-2-8-3-5-4(7)9-6-3/h2H2,1H3,(H,5,6,7). The van der Waals surface area contributed by atoms with Crippen molar-refractivity contribution in [3.63, 3.8) is 0 Å². The average Bonchev–Trinajstić information content (AvgIpc) is 2.17. The van der Waals surface area contributed by atoms with Gasteiger partial charge in [0.25, 0.3) is 0 Å². The minimum absolute atomic E-state index is 0.182. The molecule has 1 aromatic rings. The third-order valence-electron chi connectivity index (χ3n) is 0.702. The van der Waals surface area contributed by atoms with E-state index in [4.69, 9.17) is 4.74 Å². The molecule has 0 saturated heterocycles. The van der Waals surface area contributed by atoms with Crippen LogP contribution in [0.15, 0.2) is 4.79 Å². The number of hydrogen-bond acceptors (Lipinski definition) is 4. The van der Waals surface area contributed by atoms with Gasteiger partial charge in [0.05, 0.1) is 6.61 Å². The summed E-state index contributed by atoms with van der Waals surface area (Å²) in [6.07, 6.45) is 0. The number of nitrogens with zero attached hydrogens (tertiary/aromatic N) is 1. The molecule has 0 saturated carbocycles. The lowest BCUT2D eigenvalue weighted by Crippen LogP contribution is -1.96. The van der Waals surface area contributed by atoms with E-state index in [-0.39, 0.29) is 4.87 Å². The van der Waals surface area contributed by atoms with E-state index in [1.165, 1.54) is 0 Å². The van der Waals surface area contributed by atoms with Crippen LogP contribution in [0.25, 0.3) is 0 Å². The van der Waals surface area contributed by atoms with E-state index in [9.17, 15) is 4.79 Å². The van der Waals surface area contributed by atoms with Gasteiger partial charge in [0.2, 0.25) is 0 Å². The first kappa shape index (κ1) is 6.28. The number of aromatic amines is 1. The molecule has 0 radical (unpaired) electrons. The van der Waals surface area contributed by atoms with Crippen LogP contribution in [-0.2, 0) is 0 Å². The molecule has 0 unspecified atom stereocenters. The maximum atomic E-state index is 10.4. The largest absolute Gasteiger partial charge is 0.464 e. The van der Waals surface area contributed by atoms with Gasteiger partial charge in [-0.2, -0.15) is 0 Å².